The van der Waals surface area contributed by atoms with E-state index in [0.717, 1.165) is 49.3 Å². The zero-order valence-electron chi connectivity index (χ0n) is 18.3. The number of rotatable bonds is 8. The number of allylic oxidation sites excluding steroid dienone is 1. The molecule has 1 aromatic carbocycles. The van der Waals surface area contributed by atoms with Gasteiger partial charge in [-0.1, -0.05) is 48.2 Å². The monoisotopic (exact) mass is 448 g/mol. The molecule has 32 heavy (non-hydrogen) atoms. The number of piperazine rings is 1. The molecule has 2 aromatic heterocycles. The number of amides is 1. The minimum absolute atomic E-state index is 0.146. The van der Waals surface area contributed by atoms with Crippen LogP contribution < -0.4 is 0 Å². The first-order chi connectivity index (χ1) is 15.7. The van der Waals surface area contributed by atoms with Crippen molar-refractivity contribution in [3.63, 3.8) is 0 Å². The molecule has 1 aliphatic heterocycles. The average Bonchev–Trinajstić information content (AvgIpc) is 3.22. The maximum Gasteiger partial charge on any atom is 0.235 e. The zero-order valence-corrected chi connectivity index (χ0v) is 19.1. The zero-order chi connectivity index (χ0) is 22.3. The van der Waals surface area contributed by atoms with E-state index >= 15 is 0 Å². The second-order valence-corrected chi connectivity index (χ2v) is 9.10. The van der Waals surface area contributed by atoms with E-state index in [2.05, 4.69) is 50.9 Å². The van der Waals surface area contributed by atoms with E-state index in [1.807, 2.05) is 40.7 Å². The summed E-state index contributed by atoms with van der Waals surface area (Å²) >= 11 is 1.45. The number of thioether (sulfide) groups is 1. The van der Waals surface area contributed by atoms with Crippen LogP contribution in [0.15, 0.2) is 72.7 Å². The van der Waals surface area contributed by atoms with E-state index in [4.69, 9.17) is 0 Å². The van der Waals surface area contributed by atoms with Crippen LogP contribution in [0.2, 0.25) is 0 Å². The molecule has 1 saturated heterocycles. The molecule has 166 valence electrons. The standard InChI is InChI=1S/C24H28N6OS/c1-3-13-30-22(21-9-11-25-12-10-21)26-27-24(30)32-19(2)23(31)29-16-14-28(15-17-29)18-20-7-5-4-6-8-20/h3-12,19H,1,13-18H2,2H3. The Morgan fingerprint density at radius 2 is 1.81 bits per heavy atom. The fourth-order valence-electron chi connectivity index (χ4n) is 3.82. The smallest absolute Gasteiger partial charge is 0.235 e. The predicted molar refractivity (Wildman–Crippen MR) is 127 cm³/mol. The van der Waals surface area contributed by atoms with Crippen LogP contribution in [-0.4, -0.2) is 66.9 Å². The Bertz CT molecular complexity index is 1030. The van der Waals surface area contributed by atoms with Crippen LogP contribution in [-0.2, 0) is 17.9 Å². The average molecular weight is 449 g/mol. The third-order valence-corrected chi connectivity index (χ3v) is 6.60. The van der Waals surface area contributed by atoms with Crippen LogP contribution in [0, 0.1) is 0 Å². The lowest BCUT2D eigenvalue weighted by atomic mass is 10.2. The van der Waals surface area contributed by atoms with Gasteiger partial charge in [0.15, 0.2) is 11.0 Å². The van der Waals surface area contributed by atoms with Gasteiger partial charge in [0.25, 0.3) is 0 Å². The Balaban J connectivity index is 1.37. The third kappa shape index (κ3) is 5.26. The Labute approximate surface area is 193 Å². The maximum atomic E-state index is 13.1. The van der Waals surface area contributed by atoms with Gasteiger partial charge in [-0.25, -0.2) is 0 Å². The van der Waals surface area contributed by atoms with Crippen LogP contribution in [0.3, 0.4) is 0 Å². The number of pyridine rings is 1. The van der Waals surface area contributed by atoms with Crippen LogP contribution in [0.5, 0.6) is 0 Å². The van der Waals surface area contributed by atoms with Gasteiger partial charge in [0, 0.05) is 57.2 Å². The lowest BCUT2D eigenvalue weighted by Crippen LogP contribution is -2.50. The molecule has 0 radical (unpaired) electrons. The quantitative estimate of drug-likeness (QED) is 0.389. The van der Waals surface area contributed by atoms with Crippen LogP contribution >= 0.6 is 11.8 Å². The molecule has 8 heteroatoms. The van der Waals surface area contributed by atoms with Gasteiger partial charge in [-0.05, 0) is 24.6 Å². The summed E-state index contributed by atoms with van der Waals surface area (Å²) in [6.07, 6.45) is 5.29. The van der Waals surface area contributed by atoms with E-state index in [0.29, 0.717) is 6.54 Å². The fraction of sp³-hybridized carbons (Fsp3) is 0.333. The Morgan fingerprint density at radius 3 is 2.50 bits per heavy atom. The first-order valence-corrected chi connectivity index (χ1v) is 11.7. The van der Waals surface area contributed by atoms with Gasteiger partial charge in [0.1, 0.15) is 0 Å². The minimum atomic E-state index is -0.242. The Morgan fingerprint density at radius 1 is 1.09 bits per heavy atom. The van der Waals surface area contributed by atoms with E-state index in [1.165, 1.54) is 17.3 Å². The molecule has 1 unspecified atom stereocenters. The fourth-order valence-corrected chi connectivity index (χ4v) is 4.76. The highest BCUT2D eigenvalue weighted by atomic mass is 32.2. The van der Waals surface area contributed by atoms with E-state index in [1.54, 1.807) is 12.4 Å². The number of hydrogen-bond acceptors (Lipinski definition) is 6. The SMILES string of the molecule is C=CCn1c(SC(C)C(=O)N2CCN(Cc3ccccc3)CC2)nnc1-c1ccncc1. The molecule has 3 heterocycles. The molecule has 3 aromatic rings. The molecule has 4 rings (SSSR count). The number of nitrogens with zero attached hydrogens (tertiary/aromatic N) is 6. The third-order valence-electron chi connectivity index (χ3n) is 5.53. The highest BCUT2D eigenvalue weighted by molar-refractivity contribution is 8.00. The first-order valence-electron chi connectivity index (χ1n) is 10.8. The minimum Gasteiger partial charge on any atom is -0.339 e. The maximum absolute atomic E-state index is 13.1. The summed E-state index contributed by atoms with van der Waals surface area (Å²) in [6, 6.07) is 14.3. The van der Waals surface area contributed by atoms with E-state index in [-0.39, 0.29) is 11.2 Å². The highest BCUT2D eigenvalue weighted by Gasteiger charge is 2.27. The van der Waals surface area contributed by atoms with Crippen molar-refractivity contribution in [3.8, 4) is 11.4 Å². The molecule has 0 saturated carbocycles. The lowest BCUT2D eigenvalue weighted by molar-refractivity contribution is -0.132. The summed E-state index contributed by atoms with van der Waals surface area (Å²) in [6.45, 7) is 10.6. The predicted octanol–water partition coefficient (Wildman–Crippen LogP) is 3.35. The molecule has 1 aliphatic rings. The van der Waals surface area contributed by atoms with Gasteiger partial charge in [-0.3, -0.25) is 19.2 Å². The van der Waals surface area contributed by atoms with Gasteiger partial charge in [-0.15, -0.1) is 16.8 Å². The molecule has 0 spiro atoms. The normalized spacial score (nSPS) is 15.5. The van der Waals surface area contributed by atoms with Gasteiger partial charge in [0.2, 0.25) is 5.91 Å². The lowest BCUT2D eigenvalue weighted by Gasteiger charge is -2.35. The summed E-state index contributed by atoms with van der Waals surface area (Å²) in [7, 11) is 0. The first kappa shape index (κ1) is 22.2. The van der Waals surface area contributed by atoms with Gasteiger partial charge in [-0.2, -0.15) is 0 Å². The van der Waals surface area contributed by atoms with Crippen molar-refractivity contribution < 1.29 is 4.79 Å². The second-order valence-electron chi connectivity index (χ2n) is 7.79. The molecular weight excluding hydrogens is 420 g/mol. The topological polar surface area (TPSA) is 67.2 Å². The summed E-state index contributed by atoms with van der Waals surface area (Å²) < 4.78 is 1.99. The van der Waals surface area contributed by atoms with E-state index in [9.17, 15) is 4.79 Å². The van der Waals surface area contributed by atoms with Gasteiger partial charge >= 0.3 is 0 Å². The molecule has 1 amide bonds. The summed E-state index contributed by atoms with van der Waals surface area (Å²) in [4.78, 5) is 21.6. The number of aromatic nitrogens is 4. The van der Waals surface area contributed by atoms with Crippen LogP contribution in [0.4, 0.5) is 0 Å². The van der Waals surface area contributed by atoms with E-state index < -0.39 is 0 Å². The van der Waals surface area contributed by atoms with Crippen molar-refractivity contribution in [3.05, 3.63) is 73.1 Å². The number of carbonyl (C=O) groups is 1. The highest BCUT2D eigenvalue weighted by Crippen LogP contribution is 2.27. The van der Waals surface area contributed by atoms with Crippen LogP contribution in [0.1, 0.15) is 12.5 Å². The molecule has 0 bridgehead atoms. The summed E-state index contributed by atoms with van der Waals surface area (Å²) in [5.41, 5.74) is 2.25. The van der Waals surface area contributed by atoms with Crippen molar-refractivity contribution in [2.45, 2.75) is 30.4 Å². The van der Waals surface area contributed by atoms with Crippen molar-refractivity contribution in [2.24, 2.45) is 0 Å². The van der Waals surface area contributed by atoms with Crippen molar-refractivity contribution in [2.75, 3.05) is 26.2 Å². The number of benzene rings is 1. The van der Waals surface area contributed by atoms with Crippen LogP contribution in [0.25, 0.3) is 11.4 Å². The summed E-state index contributed by atoms with van der Waals surface area (Å²) in [5, 5.41) is 9.21. The number of carbonyl (C=O) groups excluding carboxylic acids is 1. The Hall–Kier alpha value is -2.97. The molecule has 0 N–H and O–H groups in total. The van der Waals surface area contributed by atoms with Crippen molar-refractivity contribution >= 4 is 17.7 Å². The van der Waals surface area contributed by atoms with Crippen molar-refractivity contribution in [1.29, 1.82) is 0 Å². The molecule has 1 fully saturated rings. The molecule has 7 nitrogen and oxygen atoms in total. The van der Waals surface area contributed by atoms with Gasteiger partial charge in [0.05, 0.1) is 5.25 Å². The molecule has 1 atom stereocenters. The second kappa shape index (κ2) is 10.6. The number of hydrogen-bond donors (Lipinski definition) is 0. The Kier molecular flexibility index (Phi) is 7.34. The summed E-state index contributed by atoms with van der Waals surface area (Å²) in [5.74, 6) is 0.900. The van der Waals surface area contributed by atoms with Crippen molar-refractivity contribution in [1.82, 2.24) is 29.5 Å². The largest absolute Gasteiger partial charge is 0.339 e. The molecule has 0 aliphatic carbocycles. The molecular formula is C24H28N6OS. The van der Waals surface area contributed by atoms with Gasteiger partial charge < -0.3 is 4.90 Å².